The Balaban J connectivity index is 1.38. The molecule has 6 heteroatoms. The average Bonchev–Trinajstić information content (AvgIpc) is 3.39. The Morgan fingerprint density at radius 1 is 0.923 bits per heavy atom. The monoisotopic (exact) mass is 526 g/mol. The van der Waals surface area contributed by atoms with Crippen molar-refractivity contribution >= 4 is 28.6 Å². The molecule has 5 rings (SSSR count). The van der Waals surface area contributed by atoms with Crippen molar-refractivity contribution in [2.75, 3.05) is 26.2 Å². The number of benzene rings is 3. The zero-order valence-electron chi connectivity index (χ0n) is 22.6. The SMILES string of the molecule is O=C(O)C(=O)N(CCCN1CCCC1=O)CC(c1ccc(-c2cccc3ccccc23)cc1)C1CCCCC1. The quantitative estimate of drug-likeness (QED) is 0.342. The van der Waals surface area contributed by atoms with E-state index in [9.17, 15) is 19.5 Å². The largest absolute Gasteiger partial charge is 0.474 e. The number of aliphatic carboxylic acids is 1. The van der Waals surface area contributed by atoms with E-state index in [-0.39, 0.29) is 11.8 Å². The summed E-state index contributed by atoms with van der Waals surface area (Å²) in [5, 5.41) is 12.0. The second-order valence-electron chi connectivity index (χ2n) is 11.0. The molecule has 2 fully saturated rings. The predicted molar refractivity (Wildman–Crippen MR) is 153 cm³/mol. The first-order valence-electron chi connectivity index (χ1n) is 14.4. The summed E-state index contributed by atoms with van der Waals surface area (Å²) in [6.07, 6.45) is 7.77. The Bertz CT molecular complexity index is 1310. The molecule has 0 aromatic heterocycles. The van der Waals surface area contributed by atoms with E-state index in [1.165, 1.54) is 40.5 Å². The van der Waals surface area contributed by atoms with Crippen LogP contribution in [0.3, 0.4) is 0 Å². The van der Waals surface area contributed by atoms with Gasteiger partial charge in [0.25, 0.3) is 0 Å². The van der Waals surface area contributed by atoms with E-state index in [0.29, 0.717) is 38.4 Å². The van der Waals surface area contributed by atoms with Gasteiger partial charge in [0.05, 0.1) is 0 Å². The number of carbonyl (C=O) groups is 3. The van der Waals surface area contributed by atoms with E-state index >= 15 is 0 Å². The highest BCUT2D eigenvalue weighted by molar-refractivity contribution is 6.31. The Morgan fingerprint density at radius 2 is 1.67 bits per heavy atom. The first kappa shape index (κ1) is 26.9. The van der Waals surface area contributed by atoms with Gasteiger partial charge in [0.1, 0.15) is 0 Å². The van der Waals surface area contributed by atoms with E-state index in [0.717, 1.165) is 36.9 Å². The fraction of sp³-hybridized carbons (Fsp3) is 0.424. The lowest BCUT2D eigenvalue weighted by atomic mass is 9.76. The summed E-state index contributed by atoms with van der Waals surface area (Å²) in [6.45, 7) is 2.04. The van der Waals surface area contributed by atoms with Gasteiger partial charge in [-0.2, -0.15) is 0 Å². The number of carboxylic acid groups (broad SMARTS) is 1. The molecular formula is C33H38N2O4. The standard InChI is InChI=1S/C33H38N2O4/c36-31-15-7-20-34(31)21-8-22-35(32(37)33(38)39)23-30(25-9-2-1-3-10-25)27-18-16-26(17-19-27)29-14-6-12-24-11-4-5-13-28(24)29/h4-6,11-14,16-19,25,30H,1-3,7-10,15,20-23H2,(H,38,39). The first-order valence-corrected chi connectivity index (χ1v) is 14.4. The highest BCUT2D eigenvalue weighted by Crippen LogP contribution is 2.38. The minimum Gasteiger partial charge on any atom is -0.474 e. The number of carbonyl (C=O) groups excluding carboxylic acids is 2. The summed E-state index contributed by atoms with van der Waals surface area (Å²) < 4.78 is 0. The maximum Gasteiger partial charge on any atom is 0.394 e. The van der Waals surface area contributed by atoms with E-state index in [1.807, 2.05) is 4.90 Å². The summed E-state index contributed by atoms with van der Waals surface area (Å²) in [5.41, 5.74) is 3.49. The summed E-state index contributed by atoms with van der Waals surface area (Å²) in [4.78, 5) is 39.9. The zero-order chi connectivity index (χ0) is 27.2. The molecule has 3 aromatic carbocycles. The fourth-order valence-electron chi connectivity index (χ4n) is 6.49. The van der Waals surface area contributed by atoms with Gasteiger partial charge in [0, 0.05) is 38.5 Å². The minimum absolute atomic E-state index is 0.0728. The molecule has 1 aliphatic heterocycles. The van der Waals surface area contributed by atoms with Crippen LogP contribution in [0.1, 0.15) is 62.8 Å². The van der Waals surface area contributed by atoms with Gasteiger partial charge in [-0.05, 0) is 59.1 Å². The number of amides is 2. The maximum atomic E-state index is 12.8. The normalized spacial score (nSPS) is 16.9. The molecule has 39 heavy (non-hydrogen) atoms. The lowest BCUT2D eigenvalue weighted by molar-refractivity contribution is -0.156. The third kappa shape index (κ3) is 6.32. The van der Waals surface area contributed by atoms with Crippen molar-refractivity contribution in [2.45, 2.75) is 57.3 Å². The molecule has 3 aromatic rings. The molecule has 2 aliphatic rings. The number of fused-ring (bicyclic) bond motifs is 1. The summed E-state index contributed by atoms with van der Waals surface area (Å²) in [7, 11) is 0. The first-order chi connectivity index (χ1) is 19.0. The zero-order valence-corrected chi connectivity index (χ0v) is 22.6. The van der Waals surface area contributed by atoms with Crippen molar-refractivity contribution < 1.29 is 19.5 Å². The summed E-state index contributed by atoms with van der Waals surface area (Å²) in [6, 6.07) is 23.4. The molecule has 6 nitrogen and oxygen atoms in total. The van der Waals surface area contributed by atoms with Crippen molar-refractivity contribution in [3.63, 3.8) is 0 Å². The van der Waals surface area contributed by atoms with Crippen LogP contribution in [0.25, 0.3) is 21.9 Å². The molecular weight excluding hydrogens is 488 g/mol. The van der Waals surface area contributed by atoms with Crippen molar-refractivity contribution in [1.29, 1.82) is 0 Å². The molecule has 1 saturated heterocycles. The molecule has 2 amide bonds. The third-order valence-electron chi connectivity index (χ3n) is 8.57. The maximum absolute atomic E-state index is 12.8. The molecule has 1 atom stereocenters. The Hall–Kier alpha value is -3.67. The van der Waals surface area contributed by atoms with Crippen LogP contribution < -0.4 is 0 Å². The van der Waals surface area contributed by atoms with Crippen LogP contribution in [0.5, 0.6) is 0 Å². The van der Waals surface area contributed by atoms with Crippen LogP contribution in [-0.2, 0) is 14.4 Å². The van der Waals surface area contributed by atoms with Gasteiger partial charge in [-0.15, -0.1) is 0 Å². The van der Waals surface area contributed by atoms with Crippen molar-refractivity contribution in [1.82, 2.24) is 9.80 Å². The van der Waals surface area contributed by atoms with Crippen LogP contribution >= 0.6 is 0 Å². The van der Waals surface area contributed by atoms with Gasteiger partial charge >= 0.3 is 11.9 Å². The van der Waals surface area contributed by atoms with Gasteiger partial charge in [-0.3, -0.25) is 9.59 Å². The van der Waals surface area contributed by atoms with Crippen molar-refractivity contribution in [2.24, 2.45) is 5.92 Å². The van der Waals surface area contributed by atoms with Crippen LogP contribution in [0.2, 0.25) is 0 Å². The highest BCUT2D eigenvalue weighted by Gasteiger charge is 2.31. The Kier molecular flexibility index (Phi) is 8.60. The van der Waals surface area contributed by atoms with Gasteiger partial charge in [-0.1, -0.05) is 86.0 Å². The lowest BCUT2D eigenvalue weighted by Crippen LogP contribution is -2.42. The van der Waals surface area contributed by atoms with Gasteiger partial charge in [0.2, 0.25) is 5.91 Å². The molecule has 1 aliphatic carbocycles. The molecule has 0 spiro atoms. The second-order valence-corrected chi connectivity index (χ2v) is 11.0. The highest BCUT2D eigenvalue weighted by atomic mass is 16.4. The number of likely N-dealkylation sites (tertiary alicyclic amines) is 1. The van der Waals surface area contributed by atoms with Gasteiger partial charge in [0.15, 0.2) is 0 Å². The average molecular weight is 527 g/mol. The van der Waals surface area contributed by atoms with Crippen LogP contribution in [0, 0.1) is 5.92 Å². The number of nitrogens with zero attached hydrogens (tertiary/aromatic N) is 2. The molecule has 0 bridgehead atoms. The predicted octanol–water partition coefficient (Wildman–Crippen LogP) is 6.10. The molecule has 1 saturated carbocycles. The molecule has 1 heterocycles. The van der Waals surface area contributed by atoms with E-state index in [1.54, 1.807) is 0 Å². The molecule has 1 N–H and O–H groups in total. The minimum atomic E-state index is -1.42. The van der Waals surface area contributed by atoms with E-state index < -0.39 is 11.9 Å². The topological polar surface area (TPSA) is 77.9 Å². The third-order valence-corrected chi connectivity index (χ3v) is 8.57. The van der Waals surface area contributed by atoms with Crippen LogP contribution in [0.4, 0.5) is 0 Å². The Morgan fingerprint density at radius 3 is 2.38 bits per heavy atom. The lowest BCUT2D eigenvalue weighted by Gasteiger charge is -2.35. The summed E-state index contributed by atoms with van der Waals surface area (Å²) >= 11 is 0. The van der Waals surface area contributed by atoms with Crippen LogP contribution in [-0.4, -0.2) is 58.9 Å². The number of rotatable bonds is 9. The number of hydrogen-bond acceptors (Lipinski definition) is 3. The fourth-order valence-corrected chi connectivity index (χ4v) is 6.49. The molecule has 204 valence electrons. The second kappa shape index (κ2) is 12.5. The molecule has 0 radical (unpaired) electrons. The smallest absolute Gasteiger partial charge is 0.394 e. The Labute approximate surface area is 230 Å². The van der Waals surface area contributed by atoms with Gasteiger partial charge in [-0.25, -0.2) is 4.79 Å². The number of carboxylic acids is 1. The van der Waals surface area contributed by atoms with Crippen molar-refractivity contribution in [3.05, 3.63) is 72.3 Å². The van der Waals surface area contributed by atoms with Gasteiger partial charge < -0.3 is 14.9 Å². The summed E-state index contributed by atoms with van der Waals surface area (Å²) in [5.74, 6) is -1.63. The molecule has 1 unspecified atom stereocenters. The van der Waals surface area contributed by atoms with Crippen molar-refractivity contribution in [3.8, 4) is 11.1 Å². The van der Waals surface area contributed by atoms with E-state index in [2.05, 4.69) is 66.7 Å². The van der Waals surface area contributed by atoms with Crippen LogP contribution in [0.15, 0.2) is 66.7 Å². The number of hydrogen-bond donors (Lipinski definition) is 1. The van der Waals surface area contributed by atoms with E-state index in [4.69, 9.17) is 0 Å².